The third kappa shape index (κ3) is 6.45. The van der Waals surface area contributed by atoms with E-state index in [2.05, 4.69) is 154 Å². The molecule has 6 aromatic carbocycles. The summed E-state index contributed by atoms with van der Waals surface area (Å²) in [5.41, 5.74) is 9.71. The third-order valence-corrected chi connectivity index (χ3v) is 11.1. The SMILES string of the molecule is C=C(/C=C/C=C1/N(CCC(=O)O)c2ccc3ccccc3c2C1(C)C)C(C)(Cc1ccc(-c2ccccc2C#N)cc1)c1c(C)ccc2ccccc12. The smallest absolute Gasteiger partial charge is 0.305 e. The average Bonchev–Trinajstić information content (AvgIpc) is 3.38. The molecule has 1 atom stereocenters. The van der Waals surface area contributed by atoms with Crippen molar-refractivity contribution in [2.75, 3.05) is 11.4 Å². The van der Waals surface area contributed by atoms with Crippen molar-refractivity contribution >= 4 is 33.2 Å². The predicted octanol–water partition coefficient (Wildman–Crippen LogP) is 11.6. The van der Waals surface area contributed by atoms with Crippen LogP contribution in [0.4, 0.5) is 5.69 Å². The van der Waals surface area contributed by atoms with Crippen LogP contribution in [0.1, 0.15) is 55.0 Å². The van der Waals surface area contributed by atoms with Gasteiger partial charge in [-0.15, -0.1) is 0 Å². The Bertz CT molecular complexity index is 2500. The molecule has 0 amide bonds. The molecule has 0 aliphatic carbocycles. The molecular weight excluding hydrogens is 649 g/mol. The Balaban J connectivity index is 1.29. The van der Waals surface area contributed by atoms with Gasteiger partial charge >= 0.3 is 5.97 Å². The fraction of sp³-hybridized carbons (Fsp3) is 0.184. The Morgan fingerprint density at radius 3 is 2.23 bits per heavy atom. The predicted molar refractivity (Wildman–Crippen MR) is 219 cm³/mol. The first-order chi connectivity index (χ1) is 25.5. The maximum atomic E-state index is 11.8. The fourth-order valence-corrected chi connectivity index (χ4v) is 8.44. The maximum absolute atomic E-state index is 11.8. The molecule has 1 heterocycles. The number of aryl methyl sites for hydroxylation is 1. The number of allylic oxidation sites excluding steroid dienone is 5. The number of carbonyl (C=O) groups is 1. The Morgan fingerprint density at radius 2 is 1.51 bits per heavy atom. The third-order valence-electron chi connectivity index (χ3n) is 11.1. The number of nitriles is 1. The Labute approximate surface area is 312 Å². The van der Waals surface area contributed by atoms with E-state index in [1.807, 2.05) is 24.3 Å². The second kappa shape index (κ2) is 14.1. The molecule has 4 heteroatoms. The molecule has 1 N–H and O–H groups in total. The van der Waals surface area contributed by atoms with Crippen LogP contribution in [0.5, 0.6) is 0 Å². The zero-order valence-corrected chi connectivity index (χ0v) is 30.9. The fourth-order valence-electron chi connectivity index (χ4n) is 8.44. The number of benzene rings is 6. The minimum atomic E-state index is -0.816. The number of hydrogen-bond acceptors (Lipinski definition) is 3. The lowest BCUT2D eigenvalue weighted by Crippen LogP contribution is -2.28. The molecule has 1 unspecified atom stereocenters. The molecule has 0 bridgehead atoms. The summed E-state index contributed by atoms with van der Waals surface area (Å²) in [7, 11) is 0. The second-order valence-corrected chi connectivity index (χ2v) is 14.9. The Hall–Kier alpha value is -6.18. The quantitative estimate of drug-likeness (QED) is 0.145. The molecule has 1 aliphatic rings. The molecule has 7 rings (SSSR count). The van der Waals surface area contributed by atoms with Gasteiger partial charge in [0.2, 0.25) is 0 Å². The summed E-state index contributed by atoms with van der Waals surface area (Å²) >= 11 is 0. The van der Waals surface area contributed by atoms with Gasteiger partial charge in [-0.1, -0.05) is 149 Å². The number of rotatable bonds is 10. The number of hydrogen-bond donors (Lipinski definition) is 1. The van der Waals surface area contributed by atoms with Crippen molar-refractivity contribution in [3.05, 3.63) is 185 Å². The molecule has 262 valence electrons. The van der Waals surface area contributed by atoms with E-state index in [4.69, 9.17) is 6.58 Å². The van der Waals surface area contributed by atoms with Gasteiger partial charge in [-0.05, 0) is 92.1 Å². The van der Waals surface area contributed by atoms with Gasteiger partial charge in [0, 0.05) is 28.8 Å². The molecular formula is C49H44N2O2. The van der Waals surface area contributed by atoms with Crippen LogP contribution in [0.3, 0.4) is 0 Å². The molecule has 4 nitrogen and oxygen atoms in total. The zero-order chi connectivity index (χ0) is 37.3. The summed E-state index contributed by atoms with van der Waals surface area (Å²) in [6.45, 7) is 14.1. The van der Waals surface area contributed by atoms with Crippen LogP contribution in [-0.4, -0.2) is 17.6 Å². The number of anilines is 1. The summed E-state index contributed by atoms with van der Waals surface area (Å²) in [5.74, 6) is -0.816. The summed E-state index contributed by atoms with van der Waals surface area (Å²) in [5, 5.41) is 24.2. The van der Waals surface area contributed by atoms with Gasteiger partial charge in [-0.3, -0.25) is 4.79 Å². The lowest BCUT2D eigenvalue weighted by Gasteiger charge is -2.34. The number of carboxylic acids is 1. The van der Waals surface area contributed by atoms with Crippen LogP contribution in [0.15, 0.2) is 157 Å². The lowest BCUT2D eigenvalue weighted by molar-refractivity contribution is -0.136. The van der Waals surface area contributed by atoms with Gasteiger partial charge < -0.3 is 10.0 Å². The molecule has 0 aromatic heterocycles. The van der Waals surface area contributed by atoms with Crippen molar-refractivity contribution < 1.29 is 9.90 Å². The standard InChI is InChI=1S/C49H44N2O2/c1-33-21-24-36-14-6-10-18-41(36)46(33)49(5,31-35-22-25-38(26-23-35)40-17-9-8-16-39(40)32-50)34(2)13-12-20-44-48(3,4)47-42-19-11-7-15-37(42)27-28-43(47)51(44)30-29-45(52)53/h6-28H,2,29-31H2,1,3-5H3,(H,52,53)/b13-12+,44-20+. The molecule has 0 saturated heterocycles. The first kappa shape index (κ1) is 35.2. The van der Waals surface area contributed by atoms with E-state index in [1.165, 1.54) is 43.8 Å². The maximum Gasteiger partial charge on any atom is 0.305 e. The average molecular weight is 693 g/mol. The molecule has 0 spiro atoms. The number of carboxylic acid groups (broad SMARTS) is 1. The van der Waals surface area contributed by atoms with Crippen molar-refractivity contribution in [1.29, 1.82) is 5.26 Å². The number of fused-ring (bicyclic) bond motifs is 4. The van der Waals surface area contributed by atoms with Gasteiger partial charge in [0.25, 0.3) is 0 Å². The second-order valence-electron chi connectivity index (χ2n) is 14.9. The molecule has 6 aromatic rings. The van der Waals surface area contributed by atoms with E-state index < -0.39 is 11.4 Å². The number of nitrogens with zero attached hydrogens (tertiary/aromatic N) is 2. The van der Waals surface area contributed by atoms with Crippen LogP contribution in [0, 0.1) is 18.3 Å². The minimum absolute atomic E-state index is 0.0371. The zero-order valence-electron chi connectivity index (χ0n) is 30.9. The largest absolute Gasteiger partial charge is 0.481 e. The van der Waals surface area contributed by atoms with E-state index in [-0.39, 0.29) is 11.8 Å². The molecule has 53 heavy (non-hydrogen) atoms. The van der Waals surface area contributed by atoms with Gasteiger partial charge in [-0.2, -0.15) is 5.26 Å². The summed E-state index contributed by atoms with van der Waals surface area (Å²) in [4.78, 5) is 14.0. The van der Waals surface area contributed by atoms with Crippen molar-refractivity contribution in [2.24, 2.45) is 0 Å². The first-order valence-electron chi connectivity index (χ1n) is 18.2. The Morgan fingerprint density at radius 1 is 0.868 bits per heavy atom. The van der Waals surface area contributed by atoms with Gasteiger partial charge in [0.15, 0.2) is 0 Å². The molecule has 0 fully saturated rings. The van der Waals surface area contributed by atoms with Crippen molar-refractivity contribution in [3.63, 3.8) is 0 Å². The van der Waals surface area contributed by atoms with Gasteiger partial charge in [-0.25, -0.2) is 0 Å². The normalized spacial score (nSPS) is 15.5. The van der Waals surface area contributed by atoms with Crippen LogP contribution in [-0.2, 0) is 22.0 Å². The minimum Gasteiger partial charge on any atom is -0.481 e. The van der Waals surface area contributed by atoms with Crippen molar-refractivity contribution in [3.8, 4) is 17.2 Å². The van der Waals surface area contributed by atoms with E-state index in [1.54, 1.807) is 0 Å². The van der Waals surface area contributed by atoms with Gasteiger partial charge in [0.1, 0.15) is 0 Å². The summed E-state index contributed by atoms with van der Waals surface area (Å²) in [6.07, 6.45) is 7.14. The summed E-state index contributed by atoms with van der Waals surface area (Å²) in [6, 6.07) is 44.2. The lowest BCUT2D eigenvalue weighted by atomic mass is 9.69. The van der Waals surface area contributed by atoms with E-state index in [9.17, 15) is 15.2 Å². The highest BCUT2D eigenvalue weighted by Crippen LogP contribution is 2.51. The van der Waals surface area contributed by atoms with E-state index in [0.29, 0.717) is 12.1 Å². The summed E-state index contributed by atoms with van der Waals surface area (Å²) < 4.78 is 0. The van der Waals surface area contributed by atoms with Gasteiger partial charge in [0.05, 0.1) is 18.1 Å². The Kier molecular flexibility index (Phi) is 9.37. The van der Waals surface area contributed by atoms with Crippen LogP contribution in [0.2, 0.25) is 0 Å². The highest BCUT2D eigenvalue weighted by atomic mass is 16.4. The van der Waals surface area contributed by atoms with Crippen LogP contribution in [0.25, 0.3) is 32.7 Å². The first-order valence-corrected chi connectivity index (χ1v) is 18.2. The highest BCUT2D eigenvalue weighted by Gasteiger charge is 2.41. The van der Waals surface area contributed by atoms with Crippen LogP contribution < -0.4 is 4.90 Å². The van der Waals surface area contributed by atoms with Crippen molar-refractivity contribution in [2.45, 2.75) is 51.4 Å². The monoisotopic (exact) mass is 692 g/mol. The highest BCUT2D eigenvalue weighted by molar-refractivity contribution is 5.95. The van der Waals surface area contributed by atoms with Crippen molar-refractivity contribution in [1.82, 2.24) is 0 Å². The van der Waals surface area contributed by atoms with E-state index >= 15 is 0 Å². The molecule has 1 aliphatic heterocycles. The van der Waals surface area contributed by atoms with E-state index in [0.717, 1.165) is 34.5 Å². The topological polar surface area (TPSA) is 64.3 Å². The molecule has 0 radical (unpaired) electrons. The number of aliphatic carboxylic acids is 1. The van der Waals surface area contributed by atoms with Crippen LogP contribution >= 0.6 is 0 Å². The molecule has 0 saturated carbocycles.